The molecular weight excluding hydrogens is 440 g/mol. The van der Waals surface area contributed by atoms with Crippen LogP contribution in [0.1, 0.15) is 99.4 Å². The Balaban J connectivity index is 2.01. The van der Waals surface area contributed by atoms with Gasteiger partial charge in [0.15, 0.2) is 0 Å². The average molecular weight is 479 g/mol. The van der Waals surface area contributed by atoms with Crippen molar-refractivity contribution in [3.8, 4) is 0 Å². The molecule has 0 atom stereocenters. The van der Waals surface area contributed by atoms with Crippen LogP contribution in [-0.2, 0) is 12.8 Å². The summed E-state index contributed by atoms with van der Waals surface area (Å²) in [6, 6.07) is 8.94. The number of nitrogens with zero attached hydrogens (tertiary/aromatic N) is 2. The van der Waals surface area contributed by atoms with Crippen LogP contribution in [-0.4, -0.2) is 19.9 Å². The number of H-pyrrole nitrogens is 2. The van der Waals surface area contributed by atoms with Crippen LogP contribution < -0.4 is 0 Å². The first kappa shape index (κ1) is 24.3. The molecule has 2 aliphatic heterocycles. The molecule has 0 saturated heterocycles. The smallest absolute Gasteiger partial charge is 0.0929 e. The predicted molar refractivity (Wildman–Crippen MR) is 155 cm³/mol. The van der Waals surface area contributed by atoms with E-state index in [1.165, 1.54) is 44.5 Å². The lowest BCUT2D eigenvalue weighted by Gasteiger charge is -2.02. The Labute approximate surface area is 214 Å². The molecule has 4 heteroatoms. The molecule has 0 unspecified atom stereocenters. The van der Waals surface area contributed by atoms with Crippen LogP contribution in [0.25, 0.3) is 44.4 Å². The van der Waals surface area contributed by atoms with Crippen LogP contribution in [0.15, 0.2) is 24.3 Å². The maximum atomic E-state index is 5.21. The molecule has 186 valence electrons. The molecule has 2 aliphatic rings. The van der Waals surface area contributed by atoms with E-state index in [1.807, 2.05) is 0 Å². The maximum absolute atomic E-state index is 5.21. The Morgan fingerprint density at radius 3 is 1.28 bits per heavy atom. The fraction of sp³-hybridized carbons (Fsp3) is 0.375. The van der Waals surface area contributed by atoms with E-state index in [2.05, 4.69) is 89.6 Å². The van der Waals surface area contributed by atoms with Crippen molar-refractivity contribution in [3.63, 3.8) is 0 Å². The highest BCUT2D eigenvalue weighted by Gasteiger charge is 2.24. The van der Waals surface area contributed by atoms with Gasteiger partial charge in [-0.1, -0.05) is 27.7 Å². The third kappa shape index (κ3) is 3.66. The van der Waals surface area contributed by atoms with E-state index in [4.69, 9.17) is 9.97 Å². The molecule has 3 aromatic heterocycles. The van der Waals surface area contributed by atoms with E-state index >= 15 is 0 Å². The summed E-state index contributed by atoms with van der Waals surface area (Å²) in [6.07, 6.45) is 3.84. The van der Waals surface area contributed by atoms with Crippen LogP contribution >= 0.6 is 0 Å². The quantitative estimate of drug-likeness (QED) is 0.394. The number of nitrogens with one attached hydrogen (secondary N) is 2. The van der Waals surface area contributed by atoms with Crippen LogP contribution in [0.3, 0.4) is 0 Å². The molecule has 5 heterocycles. The topological polar surface area (TPSA) is 57.4 Å². The lowest BCUT2D eigenvalue weighted by Crippen LogP contribution is -1.88. The normalized spacial score (nSPS) is 13.8. The minimum Gasteiger partial charge on any atom is -0.355 e. The Morgan fingerprint density at radius 1 is 0.556 bits per heavy atom. The molecule has 36 heavy (non-hydrogen) atoms. The Morgan fingerprint density at radius 2 is 0.944 bits per heavy atom. The first-order valence-electron chi connectivity index (χ1n) is 13.5. The zero-order valence-electron chi connectivity index (χ0n) is 23.0. The number of aryl methyl sites for hydroxylation is 4. The van der Waals surface area contributed by atoms with E-state index in [1.54, 1.807) is 0 Å². The van der Waals surface area contributed by atoms with Gasteiger partial charge in [0, 0.05) is 22.1 Å². The zero-order chi connectivity index (χ0) is 25.7. The summed E-state index contributed by atoms with van der Waals surface area (Å²) in [5.41, 5.74) is 19.3. The van der Waals surface area contributed by atoms with Crippen molar-refractivity contribution in [2.45, 2.75) is 81.1 Å². The van der Waals surface area contributed by atoms with Crippen molar-refractivity contribution < 1.29 is 0 Å². The minimum atomic E-state index is 0.946. The second kappa shape index (κ2) is 9.24. The number of allylic oxidation sites excluding steroid dienone is 4. The van der Waals surface area contributed by atoms with Gasteiger partial charge in [-0.3, -0.25) is 0 Å². The Kier molecular flexibility index (Phi) is 6.23. The first-order chi connectivity index (χ1) is 17.3. The second-order valence-corrected chi connectivity index (χ2v) is 10.0. The number of fused-ring (bicyclic) bond motifs is 9. The molecule has 0 spiro atoms. The largest absolute Gasteiger partial charge is 0.355 e. The summed E-state index contributed by atoms with van der Waals surface area (Å²) >= 11 is 0. The summed E-state index contributed by atoms with van der Waals surface area (Å²) < 4.78 is 0. The second-order valence-electron chi connectivity index (χ2n) is 10.0. The minimum absolute atomic E-state index is 0.946. The summed E-state index contributed by atoms with van der Waals surface area (Å²) in [7, 11) is 0. The van der Waals surface area contributed by atoms with Gasteiger partial charge in [0.2, 0.25) is 0 Å². The fourth-order valence-corrected chi connectivity index (χ4v) is 6.09. The molecule has 0 amide bonds. The highest BCUT2D eigenvalue weighted by atomic mass is 14.8. The molecule has 0 fully saturated rings. The number of aromatic amines is 2. The summed E-state index contributed by atoms with van der Waals surface area (Å²) in [6.45, 7) is 17.8. The zero-order valence-corrected chi connectivity index (χ0v) is 23.0. The van der Waals surface area contributed by atoms with E-state index in [0.717, 1.165) is 70.5 Å². The van der Waals surface area contributed by atoms with Crippen LogP contribution in [0, 0.1) is 13.8 Å². The third-order valence-electron chi connectivity index (χ3n) is 8.22. The Hall–Kier alpha value is -3.40. The monoisotopic (exact) mass is 478 g/mol. The molecule has 3 aromatic rings. The summed E-state index contributed by atoms with van der Waals surface area (Å²) in [5, 5.41) is 0. The van der Waals surface area contributed by atoms with E-state index < -0.39 is 0 Å². The van der Waals surface area contributed by atoms with Gasteiger partial charge in [-0.15, -0.1) is 0 Å². The SMILES string of the molecule is CCC1=C(C)c2nc1cc1[nH]c(ccc3[nH]c(cc4nc2C(C)=C4CC)c(CC)c3C)c(C)c1CC. The van der Waals surface area contributed by atoms with Crippen LogP contribution in [0.2, 0.25) is 0 Å². The fourth-order valence-electron chi connectivity index (χ4n) is 6.09. The summed E-state index contributed by atoms with van der Waals surface area (Å²) in [4.78, 5) is 17.9. The highest BCUT2D eigenvalue weighted by Crippen LogP contribution is 2.40. The summed E-state index contributed by atoms with van der Waals surface area (Å²) in [5.74, 6) is 0. The van der Waals surface area contributed by atoms with Crippen molar-refractivity contribution >= 4 is 44.4 Å². The number of rotatable bonds is 4. The predicted octanol–water partition coefficient (Wildman–Crippen LogP) is 8.74. The van der Waals surface area contributed by atoms with Crippen LogP contribution in [0.5, 0.6) is 0 Å². The lowest BCUT2D eigenvalue weighted by atomic mass is 9.99. The van der Waals surface area contributed by atoms with Gasteiger partial charge in [0.05, 0.1) is 22.8 Å². The van der Waals surface area contributed by atoms with Gasteiger partial charge >= 0.3 is 0 Å². The van der Waals surface area contributed by atoms with Gasteiger partial charge in [0.25, 0.3) is 0 Å². The number of hydrogen-bond donors (Lipinski definition) is 2. The number of aromatic nitrogens is 4. The molecule has 2 N–H and O–H groups in total. The van der Waals surface area contributed by atoms with E-state index in [0.29, 0.717) is 0 Å². The van der Waals surface area contributed by atoms with E-state index in [-0.39, 0.29) is 0 Å². The molecule has 0 radical (unpaired) electrons. The van der Waals surface area contributed by atoms with Crippen molar-refractivity contribution in [2.75, 3.05) is 0 Å². The third-order valence-corrected chi connectivity index (χ3v) is 8.22. The molecule has 8 bridgehead atoms. The highest BCUT2D eigenvalue weighted by molar-refractivity contribution is 5.99. The average Bonchev–Trinajstić information content (AvgIpc) is 3.53. The molecule has 4 nitrogen and oxygen atoms in total. The molecule has 0 aromatic carbocycles. The van der Waals surface area contributed by atoms with Gasteiger partial charge < -0.3 is 9.97 Å². The lowest BCUT2D eigenvalue weighted by molar-refractivity contribution is 1.14. The Bertz CT molecular complexity index is 1480. The molecular formula is C32H38N4. The number of hydrogen-bond acceptors (Lipinski definition) is 2. The van der Waals surface area contributed by atoms with Gasteiger partial charge in [-0.25, -0.2) is 9.97 Å². The first-order valence-corrected chi connectivity index (χ1v) is 13.5. The maximum Gasteiger partial charge on any atom is 0.0929 e. The van der Waals surface area contributed by atoms with Gasteiger partial charge in [0.1, 0.15) is 0 Å². The van der Waals surface area contributed by atoms with Gasteiger partial charge in [-0.2, -0.15) is 0 Å². The molecule has 0 aliphatic carbocycles. The van der Waals surface area contributed by atoms with Crippen LogP contribution in [0.4, 0.5) is 0 Å². The van der Waals surface area contributed by atoms with Gasteiger partial charge in [-0.05, 0) is 122 Å². The van der Waals surface area contributed by atoms with Crippen molar-refractivity contribution in [1.82, 2.24) is 19.9 Å². The van der Waals surface area contributed by atoms with Crippen molar-refractivity contribution in [3.05, 3.63) is 69.3 Å². The van der Waals surface area contributed by atoms with Crippen molar-refractivity contribution in [2.24, 2.45) is 0 Å². The molecule has 5 rings (SSSR count). The van der Waals surface area contributed by atoms with E-state index in [9.17, 15) is 0 Å². The van der Waals surface area contributed by atoms with Crippen molar-refractivity contribution in [1.29, 1.82) is 0 Å². The standard InChI is InChI=1S/C32H38N4/c1-9-21-17(5)25-13-14-26-18(6)22(10-2)28(34-26)16-30-24(12-4)20(8)32(36-30)31-19(7)23(11-3)29(35-31)15-27(21)33-25/h13-16,33-34H,9-12H2,1-8H3. The molecule has 0 saturated carbocycles.